The topological polar surface area (TPSA) is 55.1 Å². The molecule has 0 aliphatic heterocycles. The highest BCUT2D eigenvalue weighted by Gasteiger charge is 2.13. The summed E-state index contributed by atoms with van der Waals surface area (Å²) in [4.78, 5) is 11.9. The van der Waals surface area contributed by atoms with Crippen molar-refractivity contribution in [2.75, 3.05) is 11.1 Å². The molecule has 0 aromatic heterocycles. The first-order valence-corrected chi connectivity index (χ1v) is 6.08. The molecule has 0 radical (unpaired) electrons. The number of anilines is 2. The Morgan fingerprint density at radius 3 is 2.63 bits per heavy atom. The Balaban J connectivity index is 2.28. The molecule has 0 aliphatic carbocycles. The van der Waals surface area contributed by atoms with Gasteiger partial charge in [0.25, 0.3) is 5.91 Å². The highest BCUT2D eigenvalue weighted by molar-refractivity contribution is 9.10. The Morgan fingerprint density at radius 2 is 1.95 bits per heavy atom. The fraction of sp³-hybridized carbons (Fsp3) is 0. The zero-order chi connectivity index (χ0) is 14.0. The maximum Gasteiger partial charge on any atom is 0.256 e. The third-order valence-electron chi connectivity index (χ3n) is 2.37. The Bertz CT molecular complexity index is 626. The van der Waals surface area contributed by atoms with Gasteiger partial charge in [0, 0.05) is 11.4 Å². The summed E-state index contributed by atoms with van der Waals surface area (Å²) in [5.74, 6) is -1.67. The van der Waals surface area contributed by atoms with Crippen molar-refractivity contribution in [2.24, 2.45) is 0 Å². The van der Waals surface area contributed by atoms with Crippen LogP contribution in [-0.2, 0) is 0 Å². The van der Waals surface area contributed by atoms with Gasteiger partial charge in [-0.2, -0.15) is 0 Å². The molecule has 0 saturated carbocycles. The molecule has 2 aromatic carbocycles. The summed E-state index contributed by atoms with van der Waals surface area (Å²) in [6.45, 7) is 0. The predicted molar refractivity (Wildman–Crippen MR) is 72.9 cm³/mol. The summed E-state index contributed by atoms with van der Waals surface area (Å²) in [6, 6.07) is 7.75. The molecule has 1 amide bonds. The zero-order valence-electron chi connectivity index (χ0n) is 9.58. The molecule has 0 unspecified atom stereocenters. The van der Waals surface area contributed by atoms with E-state index < -0.39 is 17.5 Å². The maximum atomic E-state index is 13.3. The van der Waals surface area contributed by atoms with Crippen molar-refractivity contribution in [2.45, 2.75) is 0 Å². The standard InChI is InChI=1S/C13H9BrF2N2O/c14-12-10(2-1-3-11(12)16)13(19)18-9-5-7(15)4-8(17)6-9/h1-6H,17H2,(H,18,19). The maximum absolute atomic E-state index is 13.3. The van der Waals surface area contributed by atoms with Crippen molar-refractivity contribution in [3.05, 3.63) is 58.1 Å². The number of nitrogens with two attached hydrogens (primary N) is 1. The van der Waals surface area contributed by atoms with Gasteiger partial charge in [-0.1, -0.05) is 6.07 Å². The number of rotatable bonds is 2. The lowest BCUT2D eigenvalue weighted by Crippen LogP contribution is -2.13. The lowest BCUT2D eigenvalue weighted by molar-refractivity contribution is 0.102. The van der Waals surface area contributed by atoms with E-state index >= 15 is 0 Å². The Kier molecular flexibility index (Phi) is 3.80. The lowest BCUT2D eigenvalue weighted by Gasteiger charge is -2.08. The van der Waals surface area contributed by atoms with E-state index in [0.717, 1.165) is 12.1 Å². The van der Waals surface area contributed by atoms with Crippen LogP contribution < -0.4 is 11.1 Å². The summed E-state index contributed by atoms with van der Waals surface area (Å²) < 4.78 is 26.5. The molecule has 2 rings (SSSR count). The van der Waals surface area contributed by atoms with Gasteiger partial charge in [0.2, 0.25) is 0 Å². The third-order valence-corrected chi connectivity index (χ3v) is 3.18. The summed E-state index contributed by atoms with van der Waals surface area (Å²) in [6.07, 6.45) is 0. The molecular weight excluding hydrogens is 318 g/mol. The van der Waals surface area contributed by atoms with E-state index in [4.69, 9.17) is 5.73 Å². The molecule has 0 atom stereocenters. The Morgan fingerprint density at radius 1 is 1.21 bits per heavy atom. The van der Waals surface area contributed by atoms with E-state index in [1.54, 1.807) is 0 Å². The van der Waals surface area contributed by atoms with Crippen molar-refractivity contribution < 1.29 is 13.6 Å². The first-order chi connectivity index (χ1) is 8.97. The van der Waals surface area contributed by atoms with Gasteiger partial charge in [0.05, 0.1) is 10.0 Å². The number of nitrogens with one attached hydrogen (secondary N) is 1. The number of nitrogen functional groups attached to an aromatic ring is 1. The summed E-state index contributed by atoms with van der Waals surface area (Å²) in [7, 11) is 0. The van der Waals surface area contributed by atoms with Crippen LogP contribution in [0.25, 0.3) is 0 Å². The minimum atomic E-state index is -0.561. The van der Waals surface area contributed by atoms with E-state index in [0.29, 0.717) is 0 Å². The van der Waals surface area contributed by atoms with Crippen LogP contribution in [0.5, 0.6) is 0 Å². The molecule has 0 fully saturated rings. The Labute approximate surface area is 116 Å². The molecule has 6 heteroatoms. The number of carbonyl (C=O) groups excluding carboxylic acids is 1. The van der Waals surface area contributed by atoms with Crippen LogP contribution in [0.4, 0.5) is 20.2 Å². The second-order valence-corrected chi connectivity index (χ2v) is 4.62. The van der Waals surface area contributed by atoms with Crippen molar-refractivity contribution >= 4 is 33.2 Å². The van der Waals surface area contributed by atoms with Gasteiger partial charge in [-0.3, -0.25) is 4.79 Å². The number of halogens is 3. The van der Waals surface area contributed by atoms with Gasteiger partial charge >= 0.3 is 0 Å². The van der Waals surface area contributed by atoms with Gasteiger partial charge in [0.1, 0.15) is 11.6 Å². The molecule has 0 heterocycles. The largest absolute Gasteiger partial charge is 0.399 e. The predicted octanol–water partition coefficient (Wildman–Crippen LogP) is 3.56. The molecule has 98 valence electrons. The van der Waals surface area contributed by atoms with Crippen LogP contribution in [0.15, 0.2) is 40.9 Å². The number of hydrogen-bond donors (Lipinski definition) is 2. The number of amides is 1. The molecule has 19 heavy (non-hydrogen) atoms. The average Bonchev–Trinajstić information content (AvgIpc) is 2.31. The molecule has 0 saturated heterocycles. The Hall–Kier alpha value is -1.95. The first kappa shape index (κ1) is 13.5. The number of carbonyl (C=O) groups is 1. The van der Waals surface area contributed by atoms with Crippen molar-refractivity contribution in [3.63, 3.8) is 0 Å². The van der Waals surface area contributed by atoms with E-state index in [1.165, 1.54) is 24.3 Å². The highest BCUT2D eigenvalue weighted by atomic mass is 79.9. The lowest BCUT2D eigenvalue weighted by atomic mass is 10.2. The minimum Gasteiger partial charge on any atom is -0.399 e. The van der Waals surface area contributed by atoms with Crippen LogP contribution in [0, 0.1) is 11.6 Å². The molecule has 3 nitrogen and oxygen atoms in total. The summed E-state index contributed by atoms with van der Waals surface area (Å²) in [5.41, 5.74) is 5.98. The first-order valence-electron chi connectivity index (χ1n) is 5.29. The van der Waals surface area contributed by atoms with Crippen molar-refractivity contribution in [3.8, 4) is 0 Å². The van der Waals surface area contributed by atoms with Gasteiger partial charge in [-0.05, 0) is 46.3 Å². The van der Waals surface area contributed by atoms with E-state index in [9.17, 15) is 13.6 Å². The van der Waals surface area contributed by atoms with Crippen molar-refractivity contribution in [1.29, 1.82) is 0 Å². The monoisotopic (exact) mass is 326 g/mol. The van der Waals surface area contributed by atoms with Gasteiger partial charge in [-0.25, -0.2) is 8.78 Å². The zero-order valence-corrected chi connectivity index (χ0v) is 11.2. The van der Waals surface area contributed by atoms with E-state index in [2.05, 4.69) is 21.2 Å². The van der Waals surface area contributed by atoms with Crippen LogP contribution in [0.1, 0.15) is 10.4 Å². The molecule has 3 N–H and O–H groups in total. The second-order valence-electron chi connectivity index (χ2n) is 3.83. The van der Waals surface area contributed by atoms with Crippen LogP contribution in [0.3, 0.4) is 0 Å². The van der Waals surface area contributed by atoms with E-state index in [1.807, 2.05) is 0 Å². The van der Waals surface area contributed by atoms with Crippen molar-refractivity contribution in [1.82, 2.24) is 0 Å². The number of hydrogen-bond acceptors (Lipinski definition) is 2. The van der Waals surface area contributed by atoms with Crippen LogP contribution >= 0.6 is 15.9 Å². The molecule has 2 aromatic rings. The SMILES string of the molecule is Nc1cc(F)cc(NC(=O)c2cccc(F)c2Br)c1. The van der Waals surface area contributed by atoms with Gasteiger partial charge in [-0.15, -0.1) is 0 Å². The van der Waals surface area contributed by atoms with Crippen LogP contribution in [-0.4, -0.2) is 5.91 Å². The average molecular weight is 327 g/mol. The van der Waals surface area contributed by atoms with Gasteiger partial charge < -0.3 is 11.1 Å². The van der Waals surface area contributed by atoms with Crippen LogP contribution in [0.2, 0.25) is 0 Å². The quantitative estimate of drug-likeness (QED) is 0.829. The number of benzene rings is 2. The van der Waals surface area contributed by atoms with E-state index in [-0.39, 0.29) is 21.4 Å². The van der Waals surface area contributed by atoms with Gasteiger partial charge in [0.15, 0.2) is 0 Å². The fourth-order valence-electron chi connectivity index (χ4n) is 1.56. The third kappa shape index (κ3) is 3.08. The molecule has 0 bridgehead atoms. The summed E-state index contributed by atoms with van der Waals surface area (Å²) in [5, 5.41) is 2.45. The normalized spacial score (nSPS) is 10.3. The molecular formula is C13H9BrF2N2O. The fourth-order valence-corrected chi connectivity index (χ4v) is 2.01. The smallest absolute Gasteiger partial charge is 0.256 e. The molecule has 0 spiro atoms. The second kappa shape index (κ2) is 5.36. The summed E-state index contributed by atoms with van der Waals surface area (Å²) >= 11 is 2.99. The molecule has 0 aliphatic rings. The minimum absolute atomic E-state index is 0.0527. The highest BCUT2D eigenvalue weighted by Crippen LogP contribution is 2.22.